The molecule has 0 saturated heterocycles. The van der Waals surface area contributed by atoms with Crippen LogP contribution in [-0.4, -0.2) is 31.7 Å². The van der Waals surface area contributed by atoms with Crippen molar-refractivity contribution in [1.82, 2.24) is 0 Å². The first-order valence-electron chi connectivity index (χ1n) is 5.10. The summed E-state index contributed by atoms with van der Waals surface area (Å²) in [6.45, 7) is 8.49. The standard InChI is InChI=1S/C13H20N/c1-5-14(3,4)11-12(2)13-9-7-6-8-10-13/h6-10H,2,5,11H2,1,3-4H3/q+1. The summed E-state index contributed by atoms with van der Waals surface area (Å²) in [5, 5.41) is 0. The second-order valence-electron chi connectivity index (χ2n) is 4.38. The van der Waals surface area contributed by atoms with Crippen molar-refractivity contribution >= 4 is 5.57 Å². The number of benzene rings is 1. The molecule has 0 aliphatic rings. The number of nitrogens with zero attached hydrogens (tertiary/aromatic N) is 1. The number of rotatable bonds is 4. The summed E-state index contributed by atoms with van der Waals surface area (Å²) in [5.74, 6) is 0. The zero-order valence-electron chi connectivity index (χ0n) is 9.46. The summed E-state index contributed by atoms with van der Waals surface area (Å²) in [6, 6.07) is 10.4. The van der Waals surface area contributed by atoms with E-state index in [9.17, 15) is 0 Å². The highest BCUT2D eigenvalue weighted by molar-refractivity contribution is 5.63. The van der Waals surface area contributed by atoms with Crippen molar-refractivity contribution in [3.05, 3.63) is 42.5 Å². The third-order valence-electron chi connectivity index (χ3n) is 2.66. The molecule has 14 heavy (non-hydrogen) atoms. The smallest absolute Gasteiger partial charge is 0.104 e. The average molecular weight is 190 g/mol. The van der Waals surface area contributed by atoms with Crippen molar-refractivity contribution < 1.29 is 4.48 Å². The molecule has 0 unspecified atom stereocenters. The number of quaternary nitrogens is 1. The van der Waals surface area contributed by atoms with Crippen LogP contribution in [0.4, 0.5) is 0 Å². The summed E-state index contributed by atoms with van der Waals surface area (Å²) in [5.41, 5.74) is 2.48. The first kappa shape index (κ1) is 11.0. The molecule has 0 N–H and O–H groups in total. The first-order valence-corrected chi connectivity index (χ1v) is 5.10. The minimum Gasteiger partial charge on any atom is -0.325 e. The van der Waals surface area contributed by atoms with Gasteiger partial charge in [0.1, 0.15) is 6.54 Å². The minimum atomic E-state index is 0.994. The van der Waals surface area contributed by atoms with E-state index >= 15 is 0 Å². The lowest BCUT2D eigenvalue weighted by Gasteiger charge is -2.29. The molecule has 1 rings (SSSR count). The molecule has 1 aromatic rings. The van der Waals surface area contributed by atoms with Crippen LogP contribution in [0.25, 0.3) is 5.57 Å². The van der Waals surface area contributed by atoms with Gasteiger partial charge in [0.15, 0.2) is 0 Å². The maximum absolute atomic E-state index is 4.14. The number of hydrogen-bond acceptors (Lipinski definition) is 0. The molecule has 1 nitrogen and oxygen atoms in total. The van der Waals surface area contributed by atoms with E-state index < -0.39 is 0 Å². The number of hydrogen-bond donors (Lipinski definition) is 0. The van der Waals surface area contributed by atoms with Crippen molar-refractivity contribution in [1.29, 1.82) is 0 Å². The molecule has 0 aliphatic heterocycles. The molecular weight excluding hydrogens is 170 g/mol. The molecule has 76 valence electrons. The third-order valence-corrected chi connectivity index (χ3v) is 2.66. The Morgan fingerprint density at radius 1 is 1.21 bits per heavy atom. The third kappa shape index (κ3) is 3.00. The fraction of sp³-hybridized carbons (Fsp3) is 0.385. The van der Waals surface area contributed by atoms with Crippen LogP contribution in [0.1, 0.15) is 12.5 Å². The van der Waals surface area contributed by atoms with Crippen LogP contribution in [0, 0.1) is 0 Å². The second kappa shape index (κ2) is 4.43. The van der Waals surface area contributed by atoms with E-state index in [0.29, 0.717) is 0 Å². The van der Waals surface area contributed by atoms with Crippen LogP contribution in [0.3, 0.4) is 0 Å². The fourth-order valence-corrected chi connectivity index (χ4v) is 1.39. The van der Waals surface area contributed by atoms with E-state index in [-0.39, 0.29) is 0 Å². The first-order chi connectivity index (χ1) is 6.55. The Morgan fingerprint density at radius 3 is 2.29 bits per heavy atom. The largest absolute Gasteiger partial charge is 0.325 e. The Bertz CT molecular complexity index is 298. The SMILES string of the molecule is C=C(C[N+](C)(C)CC)c1ccccc1. The normalized spacial score (nSPS) is 11.4. The molecule has 0 aromatic heterocycles. The van der Waals surface area contributed by atoms with Crippen LogP contribution in [0.15, 0.2) is 36.9 Å². The van der Waals surface area contributed by atoms with Gasteiger partial charge < -0.3 is 4.48 Å². The van der Waals surface area contributed by atoms with Gasteiger partial charge in [-0.1, -0.05) is 36.9 Å². The maximum Gasteiger partial charge on any atom is 0.104 e. The minimum absolute atomic E-state index is 0.994. The summed E-state index contributed by atoms with van der Waals surface area (Å²) in [4.78, 5) is 0. The Balaban J connectivity index is 2.69. The Hall–Kier alpha value is -1.08. The molecule has 0 fully saturated rings. The Morgan fingerprint density at radius 2 is 1.79 bits per heavy atom. The molecule has 1 aromatic carbocycles. The van der Waals surface area contributed by atoms with Crippen molar-refractivity contribution in [2.45, 2.75) is 6.92 Å². The summed E-state index contributed by atoms with van der Waals surface area (Å²) in [7, 11) is 4.46. The van der Waals surface area contributed by atoms with E-state index in [1.807, 2.05) is 6.07 Å². The molecule has 0 heterocycles. The van der Waals surface area contributed by atoms with Crippen molar-refractivity contribution in [2.75, 3.05) is 27.2 Å². The van der Waals surface area contributed by atoms with E-state index in [0.717, 1.165) is 17.6 Å². The van der Waals surface area contributed by atoms with Gasteiger partial charge in [-0.2, -0.15) is 0 Å². The molecule has 0 spiro atoms. The summed E-state index contributed by atoms with van der Waals surface area (Å²) < 4.78 is 0.994. The average Bonchev–Trinajstić information content (AvgIpc) is 2.19. The number of likely N-dealkylation sites (N-methyl/N-ethyl adjacent to an activating group) is 1. The Labute approximate surface area is 87.3 Å². The van der Waals surface area contributed by atoms with Gasteiger partial charge in [0.25, 0.3) is 0 Å². The highest BCUT2D eigenvalue weighted by atomic mass is 15.3. The van der Waals surface area contributed by atoms with Gasteiger partial charge >= 0.3 is 0 Å². The van der Waals surface area contributed by atoms with Gasteiger partial charge in [0.05, 0.1) is 20.6 Å². The maximum atomic E-state index is 4.14. The van der Waals surface area contributed by atoms with E-state index in [1.165, 1.54) is 11.1 Å². The quantitative estimate of drug-likeness (QED) is 0.640. The van der Waals surface area contributed by atoms with Crippen LogP contribution in [0.5, 0.6) is 0 Å². The fourth-order valence-electron chi connectivity index (χ4n) is 1.39. The zero-order chi connectivity index (χ0) is 10.6. The monoisotopic (exact) mass is 190 g/mol. The van der Waals surface area contributed by atoms with E-state index in [1.54, 1.807) is 0 Å². The predicted molar refractivity (Wildman–Crippen MR) is 63.0 cm³/mol. The molecule has 0 saturated carbocycles. The van der Waals surface area contributed by atoms with Crippen LogP contribution in [0.2, 0.25) is 0 Å². The molecule has 0 radical (unpaired) electrons. The van der Waals surface area contributed by atoms with Crippen LogP contribution in [-0.2, 0) is 0 Å². The van der Waals surface area contributed by atoms with Gasteiger partial charge in [0.2, 0.25) is 0 Å². The molecule has 0 aliphatic carbocycles. The lowest BCUT2D eigenvalue weighted by molar-refractivity contribution is -0.880. The van der Waals surface area contributed by atoms with Crippen LogP contribution >= 0.6 is 0 Å². The topological polar surface area (TPSA) is 0 Å². The van der Waals surface area contributed by atoms with Crippen molar-refractivity contribution in [3.8, 4) is 0 Å². The molecular formula is C13H20N+. The van der Waals surface area contributed by atoms with Gasteiger partial charge in [-0.25, -0.2) is 0 Å². The van der Waals surface area contributed by atoms with Crippen molar-refractivity contribution in [3.63, 3.8) is 0 Å². The van der Waals surface area contributed by atoms with Crippen molar-refractivity contribution in [2.24, 2.45) is 0 Å². The molecule has 0 atom stereocenters. The Kier molecular flexibility index (Phi) is 3.48. The highest BCUT2D eigenvalue weighted by Crippen LogP contribution is 2.15. The second-order valence-corrected chi connectivity index (χ2v) is 4.38. The van der Waals surface area contributed by atoms with E-state index in [2.05, 4.69) is 51.9 Å². The highest BCUT2D eigenvalue weighted by Gasteiger charge is 2.13. The van der Waals surface area contributed by atoms with Gasteiger partial charge in [-0.05, 0) is 12.5 Å². The lowest BCUT2D eigenvalue weighted by atomic mass is 10.1. The van der Waals surface area contributed by atoms with Gasteiger partial charge in [0, 0.05) is 5.57 Å². The van der Waals surface area contributed by atoms with Crippen LogP contribution < -0.4 is 0 Å². The molecule has 0 bridgehead atoms. The molecule has 1 heteroatoms. The van der Waals surface area contributed by atoms with Gasteiger partial charge in [-0.15, -0.1) is 0 Å². The summed E-state index contributed by atoms with van der Waals surface area (Å²) in [6.07, 6.45) is 0. The van der Waals surface area contributed by atoms with Gasteiger partial charge in [-0.3, -0.25) is 0 Å². The zero-order valence-corrected chi connectivity index (χ0v) is 9.46. The predicted octanol–water partition coefficient (Wildman–Crippen LogP) is 2.80. The van der Waals surface area contributed by atoms with E-state index in [4.69, 9.17) is 0 Å². The lowest BCUT2D eigenvalue weighted by Crippen LogP contribution is -2.40. The molecule has 0 amide bonds. The summed E-state index contributed by atoms with van der Waals surface area (Å²) >= 11 is 0.